The van der Waals surface area contributed by atoms with Gasteiger partial charge in [0.2, 0.25) is 11.7 Å². The minimum Gasteiger partial charge on any atom is -0.481 e. The third kappa shape index (κ3) is 5.00. The van der Waals surface area contributed by atoms with Gasteiger partial charge >= 0.3 is 5.97 Å². The summed E-state index contributed by atoms with van der Waals surface area (Å²) in [5, 5.41) is 12.6. The van der Waals surface area contributed by atoms with Gasteiger partial charge in [0.15, 0.2) is 0 Å². The minimum atomic E-state index is -0.772. The first-order chi connectivity index (χ1) is 10.1. The van der Waals surface area contributed by atoms with E-state index in [0.29, 0.717) is 24.7 Å². The standard InChI is InChI=1S/C15H19N3O3/c1-18(11-9-14(19)20)10-5-8-13-16-15(17-21-13)12-6-3-2-4-7-12/h2-4,6-7H,5,8-11H2,1H3,(H,19,20). The fourth-order valence-corrected chi connectivity index (χ4v) is 1.96. The quantitative estimate of drug-likeness (QED) is 0.801. The van der Waals surface area contributed by atoms with Gasteiger partial charge in [-0.25, -0.2) is 0 Å². The largest absolute Gasteiger partial charge is 0.481 e. The van der Waals surface area contributed by atoms with E-state index in [0.717, 1.165) is 18.5 Å². The zero-order valence-electron chi connectivity index (χ0n) is 12.0. The van der Waals surface area contributed by atoms with Crippen molar-refractivity contribution in [3.8, 4) is 11.4 Å². The molecule has 0 spiro atoms. The lowest BCUT2D eigenvalue weighted by molar-refractivity contribution is -0.137. The molecule has 112 valence electrons. The number of carbonyl (C=O) groups is 1. The zero-order valence-corrected chi connectivity index (χ0v) is 12.0. The van der Waals surface area contributed by atoms with Crippen molar-refractivity contribution in [2.24, 2.45) is 0 Å². The third-order valence-electron chi connectivity index (χ3n) is 3.14. The van der Waals surface area contributed by atoms with E-state index >= 15 is 0 Å². The maximum atomic E-state index is 10.5. The zero-order chi connectivity index (χ0) is 15.1. The molecule has 21 heavy (non-hydrogen) atoms. The van der Waals surface area contributed by atoms with Gasteiger partial charge in [0.05, 0.1) is 6.42 Å². The summed E-state index contributed by atoms with van der Waals surface area (Å²) in [6.07, 6.45) is 1.71. The molecule has 6 heteroatoms. The Morgan fingerprint density at radius 2 is 2.05 bits per heavy atom. The lowest BCUT2D eigenvalue weighted by Gasteiger charge is -2.14. The smallest absolute Gasteiger partial charge is 0.304 e. The Morgan fingerprint density at radius 3 is 2.76 bits per heavy atom. The summed E-state index contributed by atoms with van der Waals surface area (Å²) < 4.78 is 5.23. The Hall–Kier alpha value is -2.21. The molecule has 6 nitrogen and oxygen atoms in total. The Morgan fingerprint density at radius 1 is 1.29 bits per heavy atom. The van der Waals surface area contributed by atoms with E-state index in [1.807, 2.05) is 42.3 Å². The molecule has 1 N–H and O–H groups in total. The molecule has 0 saturated heterocycles. The summed E-state index contributed by atoms with van der Waals surface area (Å²) in [7, 11) is 1.91. The van der Waals surface area contributed by atoms with Crippen LogP contribution in [0.4, 0.5) is 0 Å². The van der Waals surface area contributed by atoms with Crippen LogP contribution in [0.5, 0.6) is 0 Å². The van der Waals surface area contributed by atoms with Gasteiger partial charge in [0.25, 0.3) is 0 Å². The molecular formula is C15H19N3O3. The van der Waals surface area contributed by atoms with Crippen LogP contribution in [-0.2, 0) is 11.2 Å². The van der Waals surface area contributed by atoms with Gasteiger partial charge in [-0.3, -0.25) is 4.79 Å². The van der Waals surface area contributed by atoms with Crippen LogP contribution in [0.1, 0.15) is 18.7 Å². The van der Waals surface area contributed by atoms with Crippen LogP contribution >= 0.6 is 0 Å². The van der Waals surface area contributed by atoms with Crippen molar-refractivity contribution in [1.29, 1.82) is 0 Å². The average Bonchev–Trinajstić information content (AvgIpc) is 2.95. The fraction of sp³-hybridized carbons (Fsp3) is 0.400. The average molecular weight is 289 g/mol. The molecule has 1 heterocycles. The molecule has 1 aromatic carbocycles. The monoisotopic (exact) mass is 289 g/mol. The van der Waals surface area contributed by atoms with Crippen LogP contribution in [0, 0.1) is 0 Å². The van der Waals surface area contributed by atoms with Crippen molar-refractivity contribution >= 4 is 5.97 Å². The number of aliphatic carboxylic acids is 1. The molecule has 0 aliphatic carbocycles. The number of carboxylic acids is 1. The first kappa shape index (κ1) is 15.2. The Bertz CT molecular complexity index is 569. The second-order valence-corrected chi connectivity index (χ2v) is 4.93. The summed E-state index contributed by atoms with van der Waals surface area (Å²) in [6, 6.07) is 9.69. The van der Waals surface area contributed by atoms with E-state index in [-0.39, 0.29) is 6.42 Å². The molecule has 0 atom stereocenters. The Kier molecular flexibility index (Phi) is 5.45. The molecule has 0 fully saturated rings. The van der Waals surface area contributed by atoms with Crippen molar-refractivity contribution in [2.75, 3.05) is 20.1 Å². The van der Waals surface area contributed by atoms with Gasteiger partial charge in [0.1, 0.15) is 0 Å². The SMILES string of the molecule is CN(CCCc1nc(-c2ccccc2)no1)CCC(=O)O. The number of hydrogen-bond donors (Lipinski definition) is 1. The summed E-state index contributed by atoms with van der Waals surface area (Å²) in [5.74, 6) is 0.441. The third-order valence-corrected chi connectivity index (χ3v) is 3.14. The first-order valence-corrected chi connectivity index (χ1v) is 6.93. The molecule has 0 radical (unpaired) electrons. The molecular weight excluding hydrogens is 270 g/mol. The number of nitrogens with zero attached hydrogens (tertiary/aromatic N) is 3. The van der Waals surface area contributed by atoms with Gasteiger partial charge in [0, 0.05) is 18.5 Å². The van der Waals surface area contributed by atoms with Crippen LogP contribution in [0.2, 0.25) is 0 Å². The highest BCUT2D eigenvalue weighted by atomic mass is 16.5. The second-order valence-electron chi connectivity index (χ2n) is 4.93. The summed E-state index contributed by atoms with van der Waals surface area (Å²) in [4.78, 5) is 16.8. The number of aromatic nitrogens is 2. The topological polar surface area (TPSA) is 79.5 Å². The number of rotatable bonds is 8. The van der Waals surface area contributed by atoms with E-state index in [1.54, 1.807) is 0 Å². The van der Waals surface area contributed by atoms with E-state index in [2.05, 4.69) is 10.1 Å². The molecule has 0 aliphatic rings. The molecule has 0 bridgehead atoms. The second kappa shape index (κ2) is 7.54. The number of benzene rings is 1. The number of aryl methyl sites for hydroxylation is 1. The van der Waals surface area contributed by atoms with Crippen LogP contribution in [-0.4, -0.2) is 46.3 Å². The fourth-order valence-electron chi connectivity index (χ4n) is 1.96. The first-order valence-electron chi connectivity index (χ1n) is 6.93. The maximum Gasteiger partial charge on any atom is 0.304 e. The van der Waals surface area contributed by atoms with Crippen LogP contribution in [0.3, 0.4) is 0 Å². The van der Waals surface area contributed by atoms with Gasteiger partial charge < -0.3 is 14.5 Å². The molecule has 1 aromatic heterocycles. The highest BCUT2D eigenvalue weighted by molar-refractivity contribution is 5.66. The van der Waals surface area contributed by atoms with E-state index in [4.69, 9.17) is 9.63 Å². The minimum absolute atomic E-state index is 0.162. The molecule has 0 unspecified atom stereocenters. The lowest BCUT2D eigenvalue weighted by Crippen LogP contribution is -2.23. The van der Waals surface area contributed by atoms with Crippen molar-refractivity contribution in [3.05, 3.63) is 36.2 Å². The van der Waals surface area contributed by atoms with E-state index in [9.17, 15) is 4.79 Å². The van der Waals surface area contributed by atoms with Crippen LogP contribution in [0.15, 0.2) is 34.9 Å². The number of hydrogen-bond acceptors (Lipinski definition) is 5. The summed E-state index contributed by atoms with van der Waals surface area (Å²) in [6.45, 7) is 1.35. The lowest BCUT2D eigenvalue weighted by atomic mass is 10.2. The van der Waals surface area contributed by atoms with Gasteiger partial charge in [-0.1, -0.05) is 35.5 Å². The maximum absolute atomic E-state index is 10.5. The number of carboxylic acid groups (broad SMARTS) is 1. The highest BCUT2D eigenvalue weighted by Crippen LogP contribution is 2.15. The molecule has 2 aromatic rings. The van der Waals surface area contributed by atoms with Gasteiger partial charge in [-0.15, -0.1) is 0 Å². The van der Waals surface area contributed by atoms with Crippen molar-refractivity contribution in [3.63, 3.8) is 0 Å². The van der Waals surface area contributed by atoms with Crippen LogP contribution < -0.4 is 0 Å². The summed E-state index contributed by atoms with van der Waals surface area (Å²) >= 11 is 0. The van der Waals surface area contributed by atoms with Crippen molar-refractivity contribution < 1.29 is 14.4 Å². The van der Waals surface area contributed by atoms with Crippen molar-refractivity contribution in [2.45, 2.75) is 19.3 Å². The predicted molar refractivity (Wildman–Crippen MR) is 77.8 cm³/mol. The molecule has 0 saturated carbocycles. The van der Waals surface area contributed by atoms with Gasteiger partial charge in [-0.05, 0) is 20.0 Å². The van der Waals surface area contributed by atoms with E-state index in [1.165, 1.54) is 0 Å². The molecule has 2 rings (SSSR count). The van der Waals surface area contributed by atoms with Gasteiger partial charge in [-0.2, -0.15) is 4.98 Å². The highest BCUT2D eigenvalue weighted by Gasteiger charge is 2.08. The normalized spacial score (nSPS) is 11.0. The van der Waals surface area contributed by atoms with Crippen molar-refractivity contribution in [1.82, 2.24) is 15.0 Å². The Balaban J connectivity index is 1.77. The summed E-state index contributed by atoms with van der Waals surface area (Å²) in [5.41, 5.74) is 0.936. The Labute approximate surface area is 123 Å². The predicted octanol–water partition coefficient (Wildman–Crippen LogP) is 2.08. The van der Waals surface area contributed by atoms with Crippen LogP contribution in [0.25, 0.3) is 11.4 Å². The molecule has 0 aliphatic heterocycles. The van der Waals surface area contributed by atoms with E-state index < -0.39 is 5.97 Å². The molecule has 0 amide bonds.